The summed E-state index contributed by atoms with van der Waals surface area (Å²) in [5, 5.41) is 1.58. The molecule has 0 fully saturated rings. The van der Waals surface area contributed by atoms with E-state index < -0.39 is 0 Å². The zero-order valence-corrected chi connectivity index (χ0v) is 7.16. The van der Waals surface area contributed by atoms with Gasteiger partial charge in [-0.25, -0.2) is 4.79 Å². The van der Waals surface area contributed by atoms with Crippen LogP contribution in [0.15, 0.2) is 5.38 Å². The lowest BCUT2D eigenvalue weighted by molar-refractivity contribution is 0.382. The number of hydrogen-bond donors (Lipinski definition) is 0. The molecule has 0 aliphatic carbocycles. The smallest absolute Gasteiger partial charge is 0.423 e. The predicted octanol–water partition coefficient (Wildman–Crippen LogP) is 1.86. The number of methoxy groups -OCH3 is 1. The average molecular weight is 192 g/mol. The molecule has 3 nitrogen and oxygen atoms in total. The van der Waals surface area contributed by atoms with Gasteiger partial charge in [-0.1, -0.05) is 11.6 Å². The van der Waals surface area contributed by atoms with Crippen molar-refractivity contribution < 1.29 is 14.3 Å². The fraction of sp³-hybridized carbons (Fsp3) is 0.167. The van der Waals surface area contributed by atoms with Gasteiger partial charge in [-0.05, 0) is 0 Å². The molecule has 1 aromatic heterocycles. The van der Waals surface area contributed by atoms with Crippen LogP contribution in [-0.2, 0) is 4.79 Å². The summed E-state index contributed by atoms with van der Waals surface area (Å²) in [4.78, 5) is 9.81. The van der Waals surface area contributed by atoms with Crippen LogP contribution in [0.25, 0.3) is 0 Å². The summed E-state index contributed by atoms with van der Waals surface area (Å²) in [7, 11) is 1.45. The summed E-state index contributed by atoms with van der Waals surface area (Å²) in [5.41, 5.74) is 0. The SMILES string of the molecule is COc1c(O[C]=O)csc1Cl. The zero-order chi connectivity index (χ0) is 8.27. The predicted molar refractivity (Wildman–Crippen MR) is 42.2 cm³/mol. The summed E-state index contributed by atoms with van der Waals surface area (Å²) in [6, 6.07) is 0. The summed E-state index contributed by atoms with van der Waals surface area (Å²) in [6.45, 7) is 1.29. The van der Waals surface area contributed by atoms with Gasteiger partial charge in [0.25, 0.3) is 0 Å². The Morgan fingerprint density at radius 2 is 2.45 bits per heavy atom. The topological polar surface area (TPSA) is 35.5 Å². The van der Waals surface area contributed by atoms with Crippen molar-refractivity contribution >= 4 is 29.4 Å². The molecule has 0 aliphatic heterocycles. The fourth-order valence-electron chi connectivity index (χ4n) is 0.605. The molecule has 1 radical (unpaired) electrons. The highest BCUT2D eigenvalue weighted by atomic mass is 35.5. The molecule has 11 heavy (non-hydrogen) atoms. The van der Waals surface area contributed by atoms with Gasteiger partial charge in [0, 0.05) is 5.38 Å². The van der Waals surface area contributed by atoms with Crippen molar-refractivity contribution in [1.29, 1.82) is 0 Å². The first-order valence-electron chi connectivity index (χ1n) is 2.64. The molecule has 1 rings (SSSR count). The lowest BCUT2D eigenvalue weighted by atomic mass is 10.5. The van der Waals surface area contributed by atoms with Crippen LogP contribution in [0.3, 0.4) is 0 Å². The quantitative estimate of drug-likeness (QED) is 0.732. The molecule has 0 saturated heterocycles. The first-order chi connectivity index (χ1) is 5.29. The summed E-state index contributed by atoms with van der Waals surface area (Å²) < 4.78 is 9.74. The van der Waals surface area contributed by atoms with Crippen LogP contribution >= 0.6 is 22.9 Å². The second-order valence-electron chi connectivity index (χ2n) is 1.59. The molecule has 1 heterocycles. The van der Waals surface area contributed by atoms with Crippen molar-refractivity contribution in [3.05, 3.63) is 9.72 Å². The van der Waals surface area contributed by atoms with Gasteiger partial charge < -0.3 is 9.47 Å². The van der Waals surface area contributed by atoms with Gasteiger partial charge in [-0.15, -0.1) is 11.3 Å². The Labute approximate surface area is 72.5 Å². The molecule has 1 aromatic rings. The molecule has 0 bridgehead atoms. The summed E-state index contributed by atoms with van der Waals surface area (Å²) in [6.07, 6.45) is 0. The Morgan fingerprint density at radius 3 is 3.00 bits per heavy atom. The number of carbonyl (C=O) groups excluding carboxylic acids is 1. The first kappa shape index (κ1) is 8.36. The van der Waals surface area contributed by atoms with Crippen molar-refractivity contribution in [3.8, 4) is 11.5 Å². The average Bonchev–Trinajstić information content (AvgIpc) is 2.33. The third-order valence-electron chi connectivity index (χ3n) is 1.03. The second-order valence-corrected chi connectivity index (χ2v) is 3.07. The minimum atomic E-state index is 0.303. The normalized spacial score (nSPS) is 9.27. The van der Waals surface area contributed by atoms with Crippen LogP contribution in [0.1, 0.15) is 0 Å². The summed E-state index contributed by atoms with van der Waals surface area (Å²) >= 11 is 6.90. The Kier molecular flexibility index (Phi) is 2.73. The van der Waals surface area contributed by atoms with E-state index in [0.29, 0.717) is 15.8 Å². The van der Waals surface area contributed by atoms with Crippen LogP contribution in [0.2, 0.25) is 4.34 Å². The lowest BCUT2D eigenvalue weighted by Gasteiger charge is -1.97. The maximum absolute atomic E-state index is 9.81. The van der Waals surface area contributed by atoms with E-state index in [2.05, 4.69) is 4.74 Å². The minimum Gasteiger partial charge on any atom is -0.491 e. The maximum Gasteiger partial charge on any atom is 0.423 e. The second kappa shape index (κ2) is 3.59. The van der Waals surface area contributed by atoms with E-state index in [-0.39, 0.29) is 0 Å². The highest BCUT2D eigenvalue weighted by Gasteiger charge is 2.11. The van der Waals surface area contributed by atoms with Crippen molar-refractivity contribution in [2.24, 2.45) is 0 Å². The van der Waals surface area contributed by atoms with E-state index in [9.17, 15) is 4.79 Å². The first-order valence-corrected chi connectivity index (χ1v) is 3.90. The molecule has 0 aliphatic rings. The number of thiophene rings is 1. The van der Waals surface area contributed by atoms with E-state index in [1.54, 1.807) is 5.38 Å². The highest BCUT2D eigenvalue weighted by Crippen LogP contribution is 2.40. The van der Waals surface area contributed by atoms with Gasteiger partial charge in [0.1, 0.15) is 4.34 Å². The molecule has 0 spiro atoms. The molecule has 0 aromatic carbocycles. The highest BCUT2D eigenvalue weighted by molar-refractivity contribution is 7.15. The van der Waals surface area contributed by atoms with E-state index in [0.717, 1.165) is 0 Å². The van der Waals surface area contributed by atoms with Crippen LogP contribution in [0.5, 0.6) is 11.5 Å². The number of ether oxygens (including phenoxy) is 2. The maximum atomic E-state index is 9.81. The zero-order valence-electron chi connectivity index (χ0n) is 5.59. The standard InChI is InChI=1S/C6H4ClO3S/c1-9-5-4(10-3-8)2-11-6(5)7/h2H,1H3. The number of halogens is 1. The van der Waals surface area contributed by atoms with Gasteiger partial charge in [-0.2, -0.15) is 0 Å². The van der Waals surface area contributed by atoms with Crippen LogP contribution in [-0.4, -0.2) is 13.6 Å². The van der Waals surface area contributed by atoms with Gasteiger partial charge in [0.05, 0.1) is 7.11 Å². The van der Waals surface area contributed by atoms with Crippen molar-refractivity contribution in [2.75, 3.05) is 7.11 Å². The van der Waals surface area contributed by atoms with Crippen LogP contribution < -0.4 is 9.47 Å². The van der Waals surface area contributed by atoms with E-state index in [1.165, 1.54) is 24.9 Å². The molecule has 0 N–H and O–H groups in total. The monoisotopic (exact) mass is 191 g/mol. The molecule has 0 unspecified atom stereocenters. The lowest BCUT2D eigenvalue weighted by Crippen LogP contribution is -1.89. The van der Waals surface area contributed by atoms with Gasteiger partial charge in [0.2, 0.25) is 0 Å². The van der Waals surface area contributed by atoms with E-state index in [4.69, 9.17) is 16.3 Å². The van der Waals surface area contributed by atoms with E-state index in [1.807, 2.05) is 0 Å². The molecule has 0 amide bonds. The Balaban J connectivity index is 2.95. The third-order valence-corrected chi connectivity index (χ3v) is 2.19. The van der Waals surface area contributed by atoms with Crippen molar-refractivity contribution in [1.82, 2.24) is 0 Å². The Bertz CT molecular complexity index is 258. The molecule has 5 heteroatoms. The van der Waals surface area contributed by atoms with Gasteiger partial charge in [-0.3, -0.25) is 0 Å². The van der Waals surface area contributed by atoms with Gasteiger partial charge in [0.15, 0.2) is 11.5 Å². The largest absolute Gasteiger partial charge is 0.491 e. The van der Waals surface area contributed by atoms with Crippen molar-refractivity contribution in [3.63, 3.8) is 0 Å². The molecule has 59 valence electrons. The summed E-state index contributed by atoms with van der Waals surface area (Å²) in [5.74, 6) is 0.678. The van der Waals surface area contributed by atoms with Gasteiger partial charge >= 0.3 is 6.47 Å². The number of rotatable bonds is 3. The number of hydrogen-bond acceptors (Lipinski definition) is 4. The Hall–Kier alpha value is -0.740. The van der Waals surface area contributed by atoms with Crippen molar-refractivity contribution in [2.45, 2.75) is 0 Å². The molecular formula is C6H4ClO3S. The molecular weight excluding hydrogens is 188 g/mol. The fourth-order valence-corrected chi connectivity index (χ4v) is 1.57. The van der Waals surface area contributed by atoms with E-state index >= 15 is 0 Å². The molecule has 0 atom stereocenters. The minimum absolute atomic E-state index is 0.303. The Morgan fingerprint density at radius 1 is 1.73 bits per heavy atom. The molecule has 0 saturated carbocycles. The third kappa shape index (κ3) is 1.64. The van der Waals surface area contributed by atoms with Crippen LogP contribution in [0.4, 0.5) is 0 Å². The van der Waals surface area contributed by atoms with Crippen LogP contribution in [0, 0.1) is 0 Å².